The van der Waals surface area contributed by atoms with Crippen LogP contribution in [-0.4, -0.2) is 30.4 Å². The van der Waals surface area contributed by atoms with E-state index in [2.05, 4.69) is 24.8 Å². The van der Waals surface area contributed by atoms with Gasteiger partial charge in [-0.25, -0.2) is 0 Å². The van der Waals surface area contributed by atoms with Crippen molar-refractivity contribution < 1.29 is 0 Å². The molecule has 0 aliphatic carbocycles. The van der Waals surface area contributed by atoms with Crippen molar-refractivity contribution in [3.8, 4) is 0 Å². The Bertz CT molecular complexity index is 163. The summed E-state index contributed by atoms with van der Waals surface area (Å²) in [7, 11) is 0. The summed E-state index contributed by atoms with van der Waals surface area (Å²) in [5.74, 6) is 0.636. The molecule has 0 aromatic rings. The molecule has 0 unspecified atom stereocenters. The van der Waals surface area contributed by atoms with E-state index in [1.165, 1.54) is 19.5 Å². The Hall–Kier alpha value is -0.0100. The molecule has 0 saturated carbocycles. The zero-order chi connectivity index (χ0) is 9.03. The van der Waals surface area contributed by atoms with Crippen LogP contribution in [0, 0.1) is 5.41 Å². The Morgan fingerprint density at radius 3 is 2.67 bits per heavy atom. The fourth-order valence-corrected chi connectivity index (χ4v) is 1.79. The molecule has 0 spiro atoms. The van der Waals surface area contributed by atoms with E-state index in [0.29, 0.717) is 11.3 Å². The molecule has 2 heteroatoms. The van der Waals surface area contributed by atoms with Gasteiger partial charge in [-0.2, -0.15) is 0 Å². The molecular formula is C10H18ClN. The van der Waals surface area contributed by atoms with Crippen LogP contribution in [0.5, 0.6) is 0 Å². The molecule has 12 heavy (non-hydrogen) atoms. The molecule has 0 N–H and O–H groups in total. The zero-order valence-corrected chi connectivity index (χ0v) is 8.77. The Kier molecular flexibility index (Phi) is 3.60. The molecule has 0 amide bonds. The van der Waals surface area contributed by atoms with E-state index in [0.717, 1.165) is 6.54 Å². The minimum Gasteiger partial charge on any atom is -0.299 e. The summed E-state index contributed by atoms with van der Waals surface area (Å²) >= 11 is 5.54. The van der Waals surface area contributed by atoms with Gasteiger partial charge < -0.3 is 0 Å². The summed E-state index contributed by atoms with van der Waals surface area (Å²) in [6, 6.07) is 0. The predicted octanol–water partition coefficient (Wildman–Crippen LogP) is 2.51. The van der Waals surface area contributed by atoms with Gasteiger partial charge in [0.25, 0.3) is 0 Å². The number of likely N-dealkylation sites (tertiary alicyclic amines) is 1. The first-order chi connectivity index (χ1) is 5.64. The number of hydrogen-bond donors (Lipinski definition) is 0. The van der Waals surface area contributed by atoms with Crippen LogP contribution >= 0.6 is 11.6 Å². The largest absolute Gasteiger partial charge is 0.299 e. The third-order valence-corrected chi connectivity index (χ3v) is 2.55. The van der Waals surface area contributed by atoms with Gasteiger partial charge >= 0.3 is 0 Å². The standard InChI is InChI=1S/C10H18ClN/c1-10(2)5-8-12(9-10)7-4-3-6-11/h3-4H,5-9H2,1-2H3. The number of allylic oxidation sites excluding steroid dienone is 1. The number of halogens is 1. The lowest BCUT2D eigenvalue weighted by molar-refractivity contribution is 0.314. The van der Waals surface area contributed by atoms with Crippen molar-refractivity contribution in [2.24, 2.45) is 5.41 Å². The van der Waals surface area contributed by atoms with Crippen LogP contribution in [0.2, 0.25) is 0 Å². The summed E-state index contributed by atoms with van der Waals surface area (Å²) in [5.41, 5.74) is 0.523. The predicted molar refractivity (Wildman–Crippen MR) is 54.7 cm³/mol. The lowest BCUT2D eigenvalue weighted by atomic mass is 9.93. The van der Waals surface area contributed by atoms with Gasteiger partial charge in [-0.3, -0.25) is 4.90 Å². The molecule has 1 heterocycles. The zero-order valence-electron chi connectivity index (χ0n) is 8.02. The first kappa shape index (κ1) is 10.1. The maximum absolute atomic E-state index is 5.54. The minimum atomic E-state index is 0.523. The van der Waals surface area contributed by atoms with E-state index in [-0.39, 0.29) is 0 Å². The van der Waals surface area contributed by atoms with Crippen LogP contribution < -0.4 is 0 Å². The molecule has 0 aromatic carbocycles. The molecule has 1 rings (SSSR count). The average molecular weight is 188 g/mol. The van der Waals surface area contributed by atoms with Crippen LogP contribution in [0.3, 0.4) is 0 Å². The van der Waals surface area contributed by atoms with Crippen LogP contribution in [0.15, 0.2) is 12.2 Å². The highest BCUT2D eigenvalue weighted by Gasteiger charge is 2.27. The summed E-state index contributed by atoms with van der Waals surface area (Å²) in [6.45, 7) is 8.19. The lowest BCUT2D eigenvalue weighted by Crippen LogP contribution is -2.23. The lowest BCUT2D eigenvalue weighted by Gasteiger charge is -2.17. The van der Waals surface area contributed by atoms with Gasteiger partial charge in [-0.1, -0.05) is 26.0 Å². The Balaban J connectivity index is 2.24. The quantitative estimate of drug-likeness (QED) is 0.485. The van der Waals surface area contributed by atoms with E-state index in [9.17, 15) is 0 Å². The highest BCUT2D eigenvalue weighted by atomic mass is 35.5. The summed E-state index contributed by atoms with van der Waals surface area (Å²) in [4.78, 5) is 2.48. The van der Waals surface area contributed by atoms with Gasteiger partial charge in [0.05, 0.1) is 0 Å². The number of hydrogen-bond acceptors (Lipinski definition) is 1. The molecule has 1 nitrogen and oxygen atoms in total. The molecule has 0 bridgehead atoms. The smallest absolute Gasteiger partial charge is 0.0404 e. The van der Waals surface area contributed by atoms with Gasteiger partial charge in [0.2, 0.25) is 0 Å². The van der Waals surface area contributed by atoms with Gasteiger partial charge in [-0.15, -0.1) is 11.6 Å². The summed E-state index contributed by atoms with van der Waals surface area (Å²) < 4.78 is 0. The highest BCUT2D eigenvalue weighted by molar-refractivity contribution is 6.18. The van der Waals surface area contributed by atoms with Gasteiger partial charge in [-0.05, 0) is 18.4 Å². The second-order valence-corrected chi connectivity index (χ2v) is 4.58. The first-order valence-corrected chi connectivity index (χ1v) is 5.11. The third-order valence-electron chi connectivity index (χ3n) is 2.38. The minimum absolute atomic E-state index is 0.523. The van der Waals surface area contributed by atoms with Crippen molar-refractivity contribution >= 4 is 11.6 Å². The molecule has 70 valence electrons. The number of alkyl halides is 1. The fraction of sp³-hybridized carbons (Fsp3) is 0.800. The molecule has 1 aliphatic heterocycles. The van der Waals surface area contributed by atoms with Crippen LogP contribution in [-0.2, 0) is 0 Å². The molecule has 1 saturated heterocycles. The highest BCUT2D eigenvalue weighted by Crippen LogP contribution is 2.28. The molecule has 1 fully saturated rings. The molecule has 0 aromatic heterocycles. The molecular weight excluding hydrogens is 170 g/mol. The van der Waals surface area contributed by atoms with Crippen molar-refractivity contribution in [3.63, 3.8) is 0 Å². The first-order valence-electron chi connectivity index (χ1n) is 4.57. The van der Waals surface area contributed by atoms with E-state index in [1.807, 2.05) is 6.08 Å². The molecule has 0 atom stereocenters. The maximum Gasteiger partial charge on any atom is 0.0404 e. The second kappa shape index (κ2) is 4.29. The van der Waals surface area contributed by atoms with Crippen molar-refractivity contribution in [2.45, 2.75) is 20.3 Å². The molecule has 1 aliphatic rings. The summed E-state index contributed by atoms with van der Waals surface area (Å²) in [5, 5.41) is 0. The van der Waals surface area contributed by atoms with Crippen LogP contribution in [0.4, 0.5) is 0 Å². The Morgan fingerprint density at radius 1 is 1.42 bits per heavy atom. The van der Waals surface area contributed by atoms with Crippen molar-refractivity contribution in [1.82, 2.24) is 4.90 Å². The average Bonchev–Trinajstić information content (AvgIpc) is 2.31. The van der Waals surface area contributed by atoms with Crippen LogP contribution in [0.1, 0.15) is 20.3 Å². The number of rotatable bonds is 3. The van der Waals surface area contributed by atoms with E-state index >= 15 is 0 Å². The fourth-order valence-electron chi connectivity index (χ4n) is 1.67. The van der Waals surface area contributed by atoms with Gasteiger partial charge in [0, 0.05) is 19.0 Å². The Morgan fingerprint density at radius 2 is 2.17 bits per heavy atom. The number of nitrogens with zero attached hydrogens (tertiary/aromatic N) is 1. The van der Waals surface area contributed by atoms with E-state index in [1.54, 1.807) is 0 Å². The van der Waals surface area contributed by atoms with Crippen molar-refractivity contribution in [2.75, 3.05) is 25.5 Å². The SMILES string of the molecule is CC1(C)CCN(CC=CCCl)C1. The van der Waals surface area contributed by atoms with Gasteiger partial charge in [0.15, 0.2) is 0 Å². The van der Waals surface area contributed by atoms with Gasteiger partial charge in [0.1, 0.15) is 0 Å². The monoisotopic (exact) mass is 187 g/mol. The van der Waals surface area contributed by atoms with Crippen molar-refractivity contribution in [1.29, 1.82) is 0 Å². The van der Waals surface area contributed by atoms with Crippen LogP contribution in [0.25, 0.3) is 0 Å². The third kappa shape index (κ3) is 3.16. The Labute approximate surface area is 80.4 Å². The second-order valence-electron chi connectivity index (χ2n) is 4.28. The van der Waals surface area contributed by atoms with E-state index in [4.69, 9.17) is 11.6 Å². The summed E-state index contributed by atoms with van der Waals surface area (Å²) in [6.07, 6.45) is 5.50. The maximum atomic E-state index is 5.54. The van der Waals surface area contributed by atoms with E-state index < -0.39 is 0 Å². The van der Waals surface area contributed by atoms with Crippen molar-refractivity contribution in [3.05, 3.63) is 12.2 Å². The normalized spacial score (nSPS) is 23.9. The topological polar surface area (TPSA) is 3.24 Å². The molecule has 0 radical (unpaired) electrons.